The van der Waals surface area contributed by atoms with Gasteiger partial charge in [0.15, 0.2) is 0 Å². The molecule has 0 radical (unpaired) electrons. The minimum absolute atomic E-state index is 0.956. The second-order valence-electron chi connectivity index (χ2n) is 6.02. The van der Waals surface area contributed by atoms with Crippen LogP contribution in [0, 0.1) is 0 Å². The van der Waals surface area contributed by atoms with E-state index >= 15 is 0 Å². The summed E-state index contributed by atoms with van der Waals surface area (Å²) in [4.78, 5) is 3.12. The molecule has 3 aromatic carbocycles. The molecule has 3 aromatic heterocycles. The zero-order valence-corrected chi connectivity index (χ0v) is 14.7. The summed E-state index contributed by atoms with van der Waals surface area (Å²) in [6, 6.07) is 28.2. The quantitative estimate of drug-likeness (QED) is 0.318. The zero-order chi connectivity index (χ0) is 18.3. The summed E-state index contributed by atoms with van der Waals surface area (Å²) in [6.45, 7) is 0. The molecule has 3 heterocycles. The first kappa shape index (κ1) is 16.7. The fourth-order valence-electron chi connectivity index (χ4n) is 2.81. The number of furan rings is 2. The highest BCUT2D eigenvalue weighted by atomic mass is 16.3. The van der Waals surface area contributed by atoms with E-state index in [1.54, 1.807) is 18.8 Å². The summed E-state index contributed by atoms with van der Waals surface area (Å²) in [5.74, 6) is 0. The molecule has 1 N–H and O–H groups in total. The minimum atomic E-state index is 0.956. The van der Waals surface area contributed by atoms with Gasteiger partial charge in [0.2, 0.25) is 0 Å². The first-order valence-corrected chi connectivity index (χ1v) is 8.75. The molecule has 0 saturated heterocycles. The van der Waals surface area contributed by atoms with Crippen molar-refractivity contribution in [3.63, 3.8) is 0 Å². The summed E-state index contributed by atoms with van der Waals surface area (Å²) in [5, 5.41) is 4.77. The average molecular weight is 353 g/mol. The highest BCUT2D eigenvalue weighted by molar-refractivity contribution is 5.80. The summed E-state index contributed by atoms with van der Waals surface area (Å²) in [6.07, 6.45) is 7.14. The monoisotopic (exact) mass is 353 g/mol. The molecule has 27 heavy (non-hydrogen) atoms. The third-order valence-electron chi connectivity index (χ3n) is 4.21. The largest absolute Gasteiger partial charge is 0.471 e. The predicted octanol–water partition coefficient (Wildman–Crippen LogP) is 7.03. The minimum Gasteiger partial charge on any atom is -0.471 e. The molecule has 6 rings (SSSR count). The number of aromatic nitrogens is 1. The molecule has 3 heteroatoms. The van der Waals surface area contributed by atoms with E-state index in [4.69, 9.17) is 8.83 Å². The Balaban J connectivity index is 0.0000001000. The fraction of sp³-hybridized carbons (Fsp3) is 0. The van der Waals surface area contributed by atoms with Crippen LogP contribution in [0.25, 0.3) is 32.6 Å². The van der Waals surface area contributed by atoms with E-state index < -0.39 is 0 Å². The maximum atomic E-state index is 5.12. The van der Waals surface area contributed by atoms with Gasteiger partial charge in [-0.25, -0.2) is 0 Å². The molecule has 0 aliphatic carbocycles. The van der Waals surface area contributed by atoms with E-state index in [2.05, 4.69) is 23.2 Å². The van der Waals surface area contributed by atoms with Gasteiger partial charge in [-0.15, -0.1) is 0 Å². The number of H-pyrrole nitrogens is 1. The Hall–Kier alpha value is -3.72. The molecule has 132 valence electrons. The number of fused-ring (bicyclic) bond motifs is 3. The van der Waals surface area contributed by atoms with Crippen molar-refractivity contribution in [1.29, 1.82) is 0 Å². The zero-order valence-electron chi connectivity index (χ0n) is 14.7. The van der Waals surface area contributed by atoms with Crippen LogP contribution < -0.4 is 0 Å². The maximum absolute atomic E-state index is 5.12. The van der Waals surface area contributed by atoms with Crippen LogP contribution in [0.15, 0.2) is 119 Å². The van der Waals surface area contributed by atoms with Gasteiger partial charge in [-0.2, -0.15) is 0 Å². The third-order valence-corrected chi connectivity index (χ3v) is 4.21. The van der Waals surface area contributed by atoms with Gasteiger partial charge in [0.05, 0.1) is 18.8 Å². The number of aromatic amines is 1. The second-order valence-corrected chi connectivity index (χ2v) is 6.02. The van der Waals surface area contributed by atoms with Crippen molar-refractivity contribution in [3.05, 3.63) is 110 Å². The van der Waals surface area contributed by atoms with Crippen molar-refractivity contribution in [3.8, 4) is 0 Å². The molecular weight excluding hydrogens is 334 g/mol. The Kier molecular flexibility index (Phi) is 5.02. The van der Waals surface area contributed by atoms with Crippen LogP contribution in [0.4, 0.5) is 0 Å². The van der Waals surface area contributed by atoms with Crippen molar-refractivity contribution in [1.82, 2.24) is 4.98 Å². The molecule has 0 unspecified atom stereocenters. The Morgan fingerprint density at radius 1 is 0.556 bits per heavy atom. The molecule has 0 bridgehead atoms. The summed E-state index contributed by atoms with van der Waals surface area (Å²) >= 11 is 0. The van der Waals surface area contributed by atoms with Crippen molar-refractivity contribution in [2.75, 3.05) is 0 Å². The Morgan fingerprint density at radius 3 is 1.89 bits per heavy atom. The number of hydrogen-bond donors (Lipinski definition) is 1. The van der Waals surface area contributed by atoms with Crippen molar-refractivity contribution in [2.24, 2.45) is 0 Å². The van der Waals surface area contributed by atoms with Gasteiger partial charge < -0.3 is 13.8 Å². The van der Waals surface area contributed by atoms with E-state index in [0.717, 1.165) is 21.7 Å². The van der Waals surface area contributed by atoms with E-state index in [-0.39, 0.29) is 0 Å². The lowest BCUT2D eigenvalue weighted by atomic mass is 10.2. The number of benzene rings is 3. The lowest BCUT2D eigenvalue weighted by Crippen LogP contribution is -1.61. The van der Waals surface area contributed by atoms with E-state index in [1.807, 2.05) is 72.9 Å². The molecule has 0 amide bonds. The summed E-state index contributed by atoms with van der Waals surface area (Å²) in [5.41, 5.74) is 2.16. The highest BCUT2D eigenvalue weighted by Gasteiger charge is 1.90. The van der Waals surface area contributed by atoms with Gasteiger partial charge in [0, 0.05) is 27.9 Å². The van der Waals surface area contributed by atoms with Crippen LogP contribution in [-0.2, 0) is 0 Å². The normalized spacial score (nSPS) is 10.2. The third kappa shape index (κ3) is 4.10. The molecule has 0 spiro atoms. The number of nitrogens with one attached hydrogen (secondary N) is 1. The van der Waals surface area contributed by atoms with Crippen LogP contribution in [0.5, 0.6) is 0 Å². The van der Waals surface area contributed by atoms with Gasteiger partial charge in [0.1, 0.15) is 5.58 Å². The highest BCUT2D eigenvalue weighted by Crippen LogP contribution is 2.13. The van der Waals surface area contributed by atoms with Gasteiger partial charge in [0.25, 0.3) is 0 Å². The van der Waals surface area contributed by atoms with Crippen molar-refractivity contribution < 1.29 is 8.83 Å². The maximum Gasteiger partial charge on any atom is 0.133 e. The van der Waals surface area contributed by atoms with Gasteiger partial charge in [-0.1, -0.05) is 60.7 Å². The molecule has 0 atom stereocenters. The molecule has 3 nitrogen and oxygen atoms in total. The first-order chi connectivity index (χ1) is 13.4. The predicted molar refractivity (Wildman–Crippen MR) is 111 cm³/mol. The lowest BCUT2D eigenvalue weighted by Gasteiger charge is -1.83. The van der Waals surface area contributed by atoms with Gasteiger partial charge in [-0.3, -0.25) is 0 Å². The Bertz CT molecular complexity index is 995. The van der Waals surface area contributed by atoms with Gasteiger partial charge in [-0.05, 0) is 29.7 Å². The first-order valence-electron chi connectivity index (χ1n) is 8.75. The molecule has 0 fully saturated rings. The average Bonchev–Trinajstić information content (AvgIpc) is 3.48. The molecule has 0 aliphatic rings. The van der Waals surface area contributed by atoms with Crippen LogP contribution >= 0.6 is 0 Å². The van der Waals surface area contributed by atoms with Crippen LogP contribution in [0.2, 0.25) is 0 Å². The Labute approximate surface area is 156 Å². The summed E-state index contributed by atoms with van der Waals surface area (Å²) < 4.78 is 10.1. The van der Waals surface area contributed by atoms with Crippen LogP contribution in [-0.4, -0.2) is 4.98 Å². The van der Waals surface area contributed by atoms with Crippen molar-refractivity contribution in [2.45, 2.75) is 0 Å². The molecule has 0 aliphatic heterocycles. The van der Waals surface area contributed by atoms with E-state index in [0.29, 0.717) is 0 Å². The smallest absolute Gasteiger partial charge is 0.133 e. The topological polar surface area (TPSA) is 42.1 Å². The van der Waals surface area contributed by atoms with Crippen molar-refractivity contribution >= 4 is 32.6 Å². The second kappa shape index (κ2) is 8.11. The Morgan fingerprint density at radius 2 is 1.19 bits per heavy atom. The standard InChI is InChI=1S/C8H7N.2C8H6O/c1-2-4-8-7(3-1)5-6-9-8;1-2-4-8-6-9-5-7(8)3-1;1-2-4-8-7(3-1)5-6-9-8/h1-6,9H;2*1-6H. The SMILES string of the molecule is c1ccc2[nH]ccc2c1.c1ccc2cocc2c1.c1ccc2occc2c1. The number of hydrogen-bond acceptors (Lipinski definition) is 2. The van der Waals surface area contributed by atoms with Crippen LogP contribution in [0.3, 0.4) is 0 Å². The van der Waals surface area contributed by atoms with Gasteiger partial charge >= 0.3 is 0 Å². The number of rotatable bonds is 0. The lowest BCUT2D eigenvalue weighted by molar-refractivity contribution is 0.572. The van der Waals surface area contributed by atoms with Crippen LogP contribution in [0.1, 0.15) is 0 Å². The molecule has 0 saturated carbocycles. The fourth-order valence-corrected chi connectivity index (χ4v) is 2.81. The molecule has 6 aromatic rings. The molecular formula is C24H19NO2. The summed E-state index contributed by atoms with van der Waals surface area (Å²) in [7, 11) is 0. The number of para-hydroxylation sites is 2. The van der Waals surface area contributed by atoms with E-state index in [1.165, 1.54) is 10.9 Å². The van der Waals surface area contributed by atoms with E-state index in [9.17, 15) is 0 Å².